The molecule has 0 aromatic rings. The van der Waals surface area contributed by atoms with E-state index in [9.17, 15) is 19.2 Å². The van der Waals surface area contributed by atoms with Crippen LogP contribution < -0.4 is 10.6 Å². The molecule has 102 valence electrons. The molecule has 0 aliphatic heterocycles. The first kappa shape index (κ1) is 16.1. The molecule has 0 fully saturated rings. The number of amides is 2. The fourth-order valence-corrected chi connectivity index (χ4v) is 1.14. The number of ketones is 1. The molecule has 1 unspecified atom stereocenters. The SMILES string of the molecule is CC(=O)CCNC(=O)CNC(=O)C(C)CC(=O)O. The molecule has 0 spiro atoms. The molecule has 0 saturated carbocycles. The van der Waals surface area contributed by atoms with Gasteiger partial charge in [0.2, 0.25) is 11.8 Å². The Bertz CT molecular complexity index is 340. The largest absolute Gasteiger partial charge is 0.481 e. The van der Waals surface area contributed by atoms with Crippen LogP contribution in [0, 0.1) is 5.92 Å². The summed E-state index contributed by atoms with van der Waals surface area (Å²) in [6.07, 6.45) is -0.0348. The molecule has 3 N–H and O–H groups in total. The maximum Gasteiger partial charge on any atom is 0.304 e. The van der Waals surface area contributed by atoms with Crippen molar-refractivity contribution in [3.63, 3.8) is 0 Å². The normalized spacial score (nSPS) is 11.4. The fourth-order valence-electron chi connectivity index (χ4n) is 1.14. The van der Waals surface area contributed by atoms with Gasteiger partial charge in [-0.05, 0) is 6.92 Å². The molecule has 7 heteroatoms. The summed E-state index contributed by atoms with van der Waals surface area (Å²) >= 11 is 0. The zero-order chi connectivity index (χ0) is 14.1. The van der Waals surface area contributed by atoms with Crippen LogP contribution in [-0.4, -0.2) is 41.8 Å². The summed E-state index contributed by atoms with van der Waals surface area (Å²) in [7, 11) is 0. The van der Waals surface area contributed by atoms with Crippen molar-refractivity contribution >= 4 is 23.6 Å². The molecule has 18 heavy (non-hydrogen) atoms. The van der Waals surface area contributed by atoms with E-state index in [0.29, 0.717) is 0 Å². The topological polar surface area (TPSA) is 113 Å². The molecule has 0 rings (SSSR count). The fraction of sp³-hybridized carbons (Fsp3) is 0.636. The lowest BCUT2D eigenvalue weighted by Crippen LogP contribution is -2.39. The molecule has 1 atom stereocenters. The van der Waals surface area contributed by atoms with Gasteiger partial charge in [-0.2, -0.15) is 0 Å². The van der Waals surface area contributed by atoms with Crippen LogP contribution in [0.5, 0.6) is 0 Å². The van der Waals surface area contributed by atoms with Gasteiger partial charge in [0.05, 0.1) is 13.0 Å². The van der Waals surface area contributed by atoms with Gasteiger partial charge in [-0.3, -0.25) is 19.2 Å². The van der Waals surface area contributed by atoms with Crippen molar-refractivity contribution < 1.29 is 24.3 Å². The summed E-state index contributed by atoms with van der Waals surface area (Å²) in [5.74, 6) is -2.68. The van der Waals surface area contributed by atoms with Crippen LogP contribution in [0.1, 0.15) is 26.7 Å². The van der Waals surface area contributed by atoms with Crippen LogP contribution in [0.2, 0.25) is 0 Å². The quantitative estimate of drug-likeness (QED) is 0.533. The molecule has 0 aromatic heterocycles. The molecule has 0 radical (unpaired) electrons. The Balaban J connectivity index is 3.80. The number of aliphatic carboxylic acids is 1. The molecule has 0 saturated heterocycles. The summed E-state index contributed by atoms with van der Waals surface area (Å²) < 4.78 is 0. The Morgan fingerprint density at radius 2 is 1.78 bits per heavy atom. The van der Waals surface area contributed by atoms with Crippen molar-refractivity contribution in [3.8, 4) is 0 Å². The molecule has 0 bridgehead atoms. The van der Waals surface area contributed by atoms with E-state index in [-0.39, 0.29) is 31.7 Å². The highest BCUT2D eigenvalue weighted by atomic mass is 16.4. The maximum absolute atomic E-state index is 11.4. The summed E-state index contributed by atoms with van der Waals surface area (Å²) in [6, 6.07) is 0. The molecule has 0 aromatic carbocycles. The minimum Gasteiger partial charge on any atom is -0.481 e. The highest BCUT2D eigenvalue weighted by Gasteiger charge is 2.16. The predicted octanol–water partition coefficient (Wildman–Crippen LogP) is -0.691. The van der Waals surface area contributed by atoms with Crippen LogP contribution in [0.4, 0.5) is 0 Å². The summed E-state index contributed by atoms with van der Waals surface area (Å²) in [5.41, 5.74) is 0. The van der Waals surface area contributed by atoms with Crippen molar-refractivity contribution in [1.29, 1.82) is 0 Å². The molecule has 0 aliphatic rings. The van der Waals surface area contributed by atoms with Gasteiger partial charge in [-0.25, -0.2) is 0 Å². The van der Waals surface area contributed by atoms with E-state index in [0.717, 1.165) is 0 Å². The monoisotopic (exact) mass is 258 g/mol. The second-order valence-electron chi connectivity index (χ2n) is 4.02. The Kier molecular flexibility index (Phi) is 7.34. The third-order valence-corrected chi connectivity index (χ3v) is 2.15. The molecule has 0 heterocycles. The number of rotatable bonds is 8. The average molecular weight is 258 g/mol. The van der Waals surface area contributed by atoms with E-state index < -0.39 is 23.7 Å². The Morgan fingerprint density at radius 1 is 1.17 bits per heavy atom. The predicted molar refractivity (Wildman–Crippen MR) is 62.7 cm³/mol. The number of nitrogens with one attached hydrogen (secondary N) is 2. The highest BCUT2D eigenvalue weighted by molar-refractivity contribution is 5.87. The summed E-state index contributed by atoms with van der Waals surface area (Å²) in [5, 5.41) is 13.3. The molecular formula is C11H18N2O5. The highest BCUT2D eigenvalue weighted by Crippen LogP contribution is 2.00. The van der Waals surface area contributed by atoms with Gasteiger partial charge < -0.3 is 15.7 Å². The number of carboxylic acids is 1. The van der Waals surface area contributed by atoms with Crippen molar-refractivity contribution in [2.75, 3.05) is 13.1 Å². The van der Waals surface area contributed by atoms with Crippen LogP contribution in [-0.2, 0) is 19.2 Å². The van der Waals surface area contributed by atoms with Gasteiger partial charge in [-0.1, -0.05) is 6.92 Å². The number of carboxylic acid groups (broad SMARTS) is 1. The lowest BCUT2D eigenvalue weighted by atomic mass is 10.1. The van der Waals surface area contributed by atoms with Gasteiger partial charge in [0.15, 0.2) is 0 Å². The van der Waals surface area contributed by atoms with E-state index >= 15 is 0 Å². The van der Waals surface area contributed by atoms with E-state index in [1.54, 1.807) is 0 Å². The van der Waals surface area contributed by atoms with E-state index in [1.807, 2.05) is 0 Å². The van der Waals surface area contributed by atoms with Crippen LogP contribution in [0.25, 0.3) is 0 Å². The average Bonchev–Trinajstić information content (AvgIpc) is 2.24. The molecule has 0 aliphatic carbocycles. The first-order valence-corrected chi connectivity index (χ1v) is 5.58. The van der Waals surface area contributed by atoms with Crippen molar-refractivity contribution in [2.24, 2.45) is 5.92 Å². The maximum atomic E-state index is 11.4. The van der Waals surface area contributed by atoms with Crippen molar-refractivity contribution in [3.05, 3.63) is 0 Å². The van der Waals surface area contributed by atoms with Crippen molar-refractivity contribution in [2.45, 2.75) is 26.7 Å². The van der Waals surface area contributed by atoms with Crippen LogP contribution in [0.15, 0.2) is 0 Å². The Morgan fingerprint density at radius 3 is 2.28 bits per heavy atom. The Hall–Kier alpha value is -1.92. The van der Waals surface area contributed by atoms with E-state index in [1.165, 1.54) is 13.8 Å². The lowest BCUT2D eigenvalue weighted by Gasteiger charge is -2.10. The number of hydrogen-bond acceptors (Lipinski definition) is 4. The van der Waals surface area contributed by atoms with E-state index in [2.05, 4.69) is 10.6 Å². The summed E-state index contributed by atoms with van der Waals surface area (Å²) in [4.78, 5) is 43.5. The van der Waals surface area contributed by atoms with E-state index in [4.69, 9.17) is 5.11 Å². The first-order chi connectivity index (χ1) is 8.32. The van der Waals surface area contributed by atoms with Crippen LogP contribution in [0.3, 0.4) is 0 Å². The number of hydrogen-bond donors (Lipinski definition) is 3. The van der Waals surface area contributed by atoms with Crippen LogP contribution >= 0.6 is 0 Å². The third-order valence-electron chi connectivity index (χ3n) is 2.15. The Labute approximate surface area is 105 Å². The number of carbonyl (C=O) groups excluding carboxylic acids is 3. The minimum atomic E-state index is -1.07. The smallest absolute Gasteiger partial charge is 0.304 e. The molecule has 2 amide bonds. The van der Waals surface area contributed by atoms with Crippen molar-refractivity contribution in [1.82, 2.24) is 10.6 Å². The van der Waals surface area contributed by atoms with Gasteiger partial charge in [-0.15, -0.1) is 0 Å². The zero-order valence-corrected chi connectivity index (χ0v) is 10.5. The lowest BCUT2D eigenvalue weighted by molar-refractivity contribution is -0.140. The molecular weight excluding hydrogens is 240 g/mol. The second-order valence-corrected chi connectivity index (χ2v) is 4.02. The first-order valence-electron chi connectivity index (χ1n) is 5.58. The third kappa shape index (κ3) is 8.26. The zero-order valence-electron chi connectivity index (χ0n) is 10.5. The minimum absolute atomic E-state index is 0.0329. The second kappa shape index (κ2) is 8.21. The van der Waals surface area contributed by atoms with Gasteiger partial charge in [0.1, 0.15) is 5.78 Å². The van der Waals surface area contributed by atoms with Gasteiger partial charge in [0.25, 0.3) is 0 Å². The van der Waals surface area contributed by atoms with Gasteiger partial charge in [0, 0.05) is 18.9 Å². The van der Waals surface area contributed by atoms with Gasteiger partial charge >= 0.3 is 5.97 Å². The number of carbonyl (C=O) groups is 4. The number of Topliss-reactive ketones (excluding diaryl/α,β-unsaturated/α-hetero) is 1. The summed E-state index contributed by atoms with van der Waals surface area (Å²) in [6.45, 7) is 2.90. The molecule has 7 nitrogen and oxygen atoms in total. The standard InChI is InChI=1S/C11H18N2O5/c1-7(5-10(16)17)11(18)13-6-9(15)12-4-3-8(2)14/h7H,3-6H2,1-2H3,(H,12,15)(H,13,18)(H,16,17).